The molecule has 4 nitrogen and oxygen atoms in total. The number of halogens is 2. The lowest BCUT2D eigenvalue weighted by Gasteiger charge is -2.12. The van der Waals surface area contributed by atoms with Gasteiger partial charge in [-0.25, -0.2) is 4.39 Å². The second kappa shape index (κ2) is 5.79. The third kappa shape index (κ3) is 3.00. The summed E-state index contributed by atoms with van der Waals surface area (Å²) >= 11 is 5.69. The normalized spacial score (nSPS) is 10.2. The Bertz CT molecular complexity index is 661. The van der Waals surface area contributed by atoms with Gasteiger partial charge in [0.25, 0.3) is 5.91 Å². The van der Waals surface area contributed by atoms with Crippen LogP contribution in [0.3, 0.4) is 0 Å². The minimum absolute atomic E-state index is 0.232. The minimum atomic E-state index is -0.498. The highest BCUT2D eigenvalue weighted by Crippen LogP contribution is 2.27. The fourth-order valence-corrected chi connectivity index (χ4v) is 1.84. The van der Waals surface area contributed by atoms with Crippen LogP contribution in [0.15, 0.2) is 36.4 Å². The van der Waals surface area contributed by atoms with Crippen molar-refractivity contribution in [2.24, 2.45) is 0 Å². The maximum Gasteiger partial charge on any atom is 0.251 e. The molecule has 6 heteroatoms. The number of amides is 1. The van der Waals surface area contributed by atoms with Crippen molar-refractivity contribution < 1.29 is 9.18 Å². The second-order valence-corrected chi connectivity index (χ2v) is 4.57. The molecule has 0 saturated carbocycles. The van der Waals surface area contributed by atoms with Gasteiger partial charge in [0.2, 0.25) is 0 Å². The number of nitrogens with two attached hydrogens (primary N) is 1. The Morgan fingerprint density at radius 2 is 1.95 bits per heavy atom. The first kappa shape index (κ1) is 14.1. The van der Waals surface area contributed by atoms with Gasteiger partial charge in [0.15, 0.2) is 0 Å². The smallest absolute Gasteiger partial charge is 0.251 e. The lowest BCUT2D eigenvalue weighted by Crippen LogP contribution is -2.18. The van der Waals surface area contributed by atoms with E-state index in [9.17, 15) is 9.18 Å². The molecular weight excluding hydrogens is 281 g/mol. The number of hydrogen-bond acceptors (Lipinski definition) is 3. The molecule has 0 aliphatic heterocycles. The van der Waals surface area contributed by atoms with Crippen molar-refractivity contribution in [1.82, 2.24) is 5.32 Å². The van der Waals surface area contributed by atoms with Crippen molar-refractivity contribution in [3.8, 4) is 0 Å². The number of nitrogen functional groups attached to an aromatic ring is 1. The van der Waals surface area contributed by atoms with Gasteiger partial charge in [0, 0.05) is 17.6 Å². The van der Waals surface area contributed by atoms with Gasteiger partial charge in [0.05, 0.1) is 17.1 Å². The molecule has 0 unspecified atom stereocenters. The van der Waals surface area contributed by atoms with Crippen LogP contribution in [0.1, 0.15) is 10.4 Å². The van der Waals surface area contributed by atoms with E-state index in [2.05, 4.69) is 10.6 Å². The minimum Gasteiger partial charge on any atom is -0.397 e. The molecule has 0 spiro atoms. The van der Waals surface area contributed by atoms with E-state index in [0.717, 1.165) is 0 Å². The van der Waals surface area contributed by atoms with Gasteiger partial charge < -0.3 is 16.4 Å². The van der Waals surface area contributed by atoms with Crippen molar-refractivity contribution in [3.63, 3.8) is 0 Å². The van der Waals surface area contributed by atoms with Crippen molar-refractivity contribution in [2.75, 3.05) is 18.1 Å². The molecule has 0 bridgehead atoms. The summed E-state index contributed by atoms with van der Waals surface area (Å²) in [4.78, 5) is 11.6. The Labute approximate surface area is 120 Å². The first-order valence-corrected chi connectivity index (χ1v) is 6.22. The zero-order valence-corrected chi connectivity index (χ0v) is 11.5. The molecule has 2 rings (SSSR count). The standard InChI is InChI=1S/C14H13ClFN3O/c1-18-14(20)8-2-4-11(17)13(6-8)19-12-5-3-9(15)7-10(12)16/h2-7,19H,17H2,1H3,(H,18,20). The number of carbonyl (C=O) groups excluding carboxylic acids is 1. The lowest BCUT2D eigenvalue weighted by molar-refractivity contribution is 0.0963. The van der Waals surface area contributed by atoms with E-state index >= 15 is 0 Å². The van der Waals surface area contributed by atoms with Crippen molar-refractivity contribution in [1.29, 1.82) is 0 Å². The summed E-state index contributed by atoms with van der Waals surface area (Å²) in [6.45, 7) is 0. The van der Waals surface area contributed by atoms with Crippen LogP contribution in [0.4, 0.5) is 21.5 Å². The van der Waals surface area contributed by atoms with Gasteiger partial charge in [-0.05, 0) is 36.4 Å². The summed E-state index contributed by atoms with van der Waals surface area (Å²) in [6, 6.07) is 9.00. The van der Waals surface area contributed by atoms with E-state index < -0.39 is 5.82 Å². The molecule has 0 aliphatic rings. The topological polar surface area (TPSA) is 67.2 Å². The molecule has 2 aromatic rings. The number of hydrogen-bond donors (Lipinski definition) is 3. The van der Waals surface area contributed by atoms with Crippen LogP contribution in [0, 0.1) is 5.82 Å². The average molecular weight is 294 g/mol. The Hall–Kier alpha value is -2.27. The van der Waals surface area contributed by atoms with Crippen LogP contribution in [0.25, 0.3) is 0 Å². The highest BCUT2D eigenvalue weighted by Gasteiger charge is 2.09. The van der Waals surface area contributed by atoms with Crippen LogP contribution in [0.5, 0.6) is 0 Å². The van der Waals surface area contributed by atoms with Gasteiger partial charge in [-0.15, -0.1) is 0 Å². The largest absolute Gasteiger partial charge is 0.397 e. The molecule has 0 heterocycles. The Morgan fingerprint density at radius 1 is 1.20 bits per heavy atom. The first-order valence-electron chi connectivity index (χ1n) is 5.85. The average Bonchev–Trinajstić information content (AvgIpc) is 2.43. The van der Waals surface area contributed by atoms with Gasteiger partial charge in [0.1, 0.15) is 5.82 Å². The highest BCUT2D eigenvalue weighted by molar-refractivity contribution is 6.30. The number of nitrogens with one attached hydrogen (secondary N) is 2. The van der Waals surface area contributed by atoms with Gasteiger partial charge in [-0.1, -0.05) is 11.6 Å². The Morgan fingerprint density at radius 3 is 2.60 bits per heavy atom. The van der Waals surface area contributed by atoms with Gasteiger partial charge in [-0.3, -0.25) is 4.79 Å². The predicted octanol–water partition coefficient (Wildman–Crippen LogP) is 3.16. The summed E-state index contributed by atoms with van der Waals surface area (Å²) in [7, 11) is 1.53. The molecule has 0 aliphatic carbocycles. The molecule has 0 atom stereocenters. The molecule has 0 radical (unpaired) electrons. The summed E-state index contributed by atoms with van der Waals surface area (Å²) in [6.07, 6.45) is 0. The maximum atomic E-state index is 13.7. The van der Waals surface area contributed by atoms with Crippen LogP contribution in [0.2, 0.25) is 5.02 Å². The van der Waals surface area contributed by atoms with Gasteiger partial charge in [-0.2, -0.15) is 0 Å². The van der Waals surface area contributed by atoms with Crippen molar-refractivity contribution in [3.05, 3.63) is 52.8 Å². The zero-order chi connectivity index (χ0) is 14.7. The van der Waals surface area contributed by atoms with Crippen LogP contribution in [-0.2, 0) is 0 Å². The second-order valence-electron chi connectivity index (χ2n) is 4.13. The van der Waals surface area contributed by atoms with Crippen LogP contribution in [-0.4, -0.2) is 13.0 Å². The summed E-state index contributed by atoms with van der Waals surface area (Å²) in [5.74, 6) is -0.744. The third-order valence-electron chi connectivity index (χ3n) is 2.74. The van der Waals surface area contributed by atoms with Crippen LogP contribution >= 0.6 is 11.6 Å². The number of rotatable bonds is 3. The van der Waals surface area contributed by atoms with E-state index in [1.54, 1.807) is 24.3 Å². The number of anilines is 3. The SMILES string of the molecule is CNC(=O)c1ccc(N)c(Nc2ccc(Cl)cc2F)c1. The first-order chi connectivity index (χ1) is 9.51. The Balaban J connectivity index is 2.35. The molecular formula is C14H13ClFN3O. The van der Waals surface area contributed by atoms with E-state index in [0.29, 0.717) is 22.0 Å². The van der Waals surface area contributed by atoms with Gasteiger partial charge >= 0.3 is 0 Å². The summed E-state index contributed by atoms with van der Waals surface area (Å²) in [5.41, 5.74) is 7.34. The summed E-state index contributed by atoms with van der Waals surface area (Å²) < 4.78 is 13.7. The van der Waals surface area contributed by atoms with E-state index in [1.165, 1.54) is 19.2 Å². The highest BCUT2D eigenvalue weighted by atomic mass is 35.5. The summed E-state index contributed by atoms with van der Waals surface area (Å²) in [5, 5.41) is 5.67. The molecule has 2 aromatic carbocycles. The quantitative estimate of drug-likeness (QED) is 0.762. The molecule has 104 valence electrons. The molecule has 1 amide bonds. The monoisotopic (exact) mass is 293 g/mol. The molecule has 0 aromatic heterocycles. The molecule has 0 saturated heterocycles. The number of carbonyl (C=O) groups is 1. The lowest BCUT2D eigenvalue weighted by atomic mass is 10.1. The molecule has 4 N–H and O–H groups in total. The maximum absolute atomic E-state index is 13.7. The third-order valence-corrected chi connectivity index (χ3v) is 2.98. The van der Waals surface area contributed by atoms with E-state index in [1.807, 2.05) is 0 Å². The number of benzene rings is 2. The Kier molecular flexibility index (Phi) is 4.10. The molecule has 0 fully saturated rings. The molecule has 20 heavy (non-hydrogen) atoms. The van der Waals surface area contributed by atoms with Crippen molar-refractivity contribution >= 4 is 34.6 Å². The van der Waals surface area contributed by atoms with Crippen LogP contribution < -0.4 is 16.4 Å². The van der Waals surface area contributed by atoms with E-state index in [4.69, 9.17) is 17.3 Å². The zero-order valence-electron chi connectivity index (χ0n) is 10.7. The fourth-order valence-electron chi connectivity index (χ4n) is 1.69. The van der Waals surface area contributed by atoms with E-state index in [-0.39, 0.29) is 11.6 Å². The van der Waals surface area contributed by atoms with Crippen molar-refractivity contribution in [2.45, 2.75) is 0 Å². The predicted molar refractivity (Wildman–Crippen MR) is 78.9 cm³/mol. The fraction of sp³-hybridized carbons (Fsp3) is 0.0714.